The van der Waals surface area contributed by atoms with Crippen LogP contribution in [0.3, 0.4) is 0 Å². The predicted octanol–water partition coefficient (Wildman–Crippen LogP) is 1.73. The third kappa shape index (κ3) is 3.44. The molecular weight excluding hydrogens is 379 g/mol. The summed E-state index contributed by atoms with van der Waals surface area (Å²) >= 11 is 6.93. The highest BCUT2D eigenvalue weighted by atomic mass is 35.5. The first-order chi connectivity index (χ1) is 11.3. The Hall–Kier alpha value is -1.16. The van der Waals surface area contributed by atoms with Crippen LogP contribution in [0.4, 0.5) is 10.1 Å². The van der Waals surface area contributed by atoms with Crippen molar-refractivity contribution in [1.29, 1.82) is 0 Å². The van der Waals surface area contributed by atoms with Gasteiger partial charge in [0.15, 0.2) is 15.0 Å². The first-order valence-corrected chi connectivity index (χ1v) is 10.1. The molecule has 0 spiro atoms. The number of benzene rings is 1. The number of hydrogen-bond donors (Lipinski definition) is 0. The Labute approximate surface area is 147 Å². The molecule has 2 saturated heterocycles. The molecule has 2 aliphatic heterocycles. The molecule has 1 aromatic carbocycles. The maximum absolute atomic E-state index is 13.8. The monoisotopic (exact) mass is 392 g/mol. The van der Waals surface area contributed by atoms with Gasteiger partial charge in [0, 0.05) is 18.0 Å². The number of nitrogens with zero attached hydrogens (tertiary/aromatic N) is 2. The van der Waals surface area contributed by atoms with E-state index >= 15 is 0 Å². The fourth-order valence-corrected chi connectivity index (χ4v) is 6.81. The maximum atomic E-state index is 13.8. The number of amides is 1. The minimum atomic E-state index is -3.17. The highest BCUT2D eigenvalue weighted by Gasteiger charge is 2.49. The first-order valence-electron chi connectivity index (χ1n) is 7.02. The average molecular weight is 393 g/mol. The molecule has 130 valence electrons. The van der Waals surface area contributed by atoms with Crippen molar-refractivity contribution in [3.05, 3.63) is 29.0 Å². The average Bonchev–Trinajstić information content (AvgIpc) is 2.93. The van der Waals surface area contributed by atoms with Crippen molar-refractivity contribution in [2.45, 2.75) is 11.3 Å². The number of aliphatic imine (C=N–C) groups is 1. The number of anilines is 1. The molecule has 0 N–H and O–H groups in total. The van der Waals surface area contributed by atoms with E-state index in [0.29, 0.717) is 10.9 Å². The number of sulfone groups is 1. The number of amidine groups is 1. The second-order valence-electron chi connectivity index (χ2n) is 5.49. The van der Waals surface area contributed by atoms with Gasteiger partial charge in [-0.05, 0) is 18.2 Å². The van der Waals surface area contributed by atoms with Gasteiger partial charge in [-0.2, -0.15) is 4.99 Å². The number of carbonyl (C=O) groups excluding carboxylic acids is 1. The van der Waals surface area contributed by atoms with E-state index in [4.69, 9.17) is 16.3 Å². The summed E-state index contributed by atoms with van der Waals surface area (Å²) in [6, 6.07) is 3.79. The molecule has 24 heavy (non-hydrogen) atoms. The molecule has 0 unspecified atom stereocenters. The van der Waals surface area contributed by atoms with Crippen LogP contribution >= 0.6 is 23.4 Å². The molecular formula is C14H14ClFN2O4S2. The minimum absolute atomic E-state index is 0.00634. The summed E-state index contributed by atoms with van der Waals surface area (Å²) in [6.45, 7) is -0.180. The fourth-order valence-electron chi connectivity index (χ4n) is 2.76. The summed E-state index contributed by atoms with van der Waals surface area (Å²) in [5.74, 6) is -1.16. The second-order valence-corrected chi connectivity index (χ2v) is 9.26. The molecule has 6 nitrogen and oxygen atoms in total. The summed E-state index contributed by atoms with van der Waals surface area (Å²) in [6.07, 6.45) is 0. The van der Waals surface area contributed by atoms with E-state index in [1.165, 1.54) is 31.0 Å². The van der Waals surface area contributed by atoms with Crippen LogP contribution in [-0.2, 0) is 19.4 Å². The van der Waals surface area contributed by atoms with Crippen molar-refractivity contribution in [2.75, 3.05) is 30.1 Å². The molecule has 0 radical (unpaired) electrons. The number of halogens is 2. The summed E-state index contributed by atoms with van der Waals surface area (Å²) in [7, 11) is -1.79. The maximum Gasteiger partial charge on any atom is 0.274 e. The van der Waals surface area contributed by atoms with Crippen LogP contribution in [0.15, 0.2) is 23.2 Å². The minimum Gasteiger partial charge on any atom is -0.375 e. The van der Waals surface area contributed by atoms with Crippen molar-refractivity contribution >= 4 is 50.0 Å². The molecule has 0 aromatic heterocycles. The lowest BCUT2D eigenvalue weighted by atomic mass is 10.2. The van der Waals surface area contributed by atoms with E-state index in [-0.39, 0.29) is 28.4 Å². The third-order valence-electron chi connectivity index (χ3n) is 3.74. The summed E-state index contributed by atoms with van der Waals surface area (Å²) in [5, 5.41) is 0.0710. The van der Waals surface area contributed by atoms with E-state index in [2.05, 4.69) is 4.99 Å². The number of rotatable bonds is 3. The molecule has 2 aliphatic rings. The zero-order valence-electron chi connectivity index (χ0n) is 12.6. The molecule has 2 atom stereocenters. The van der Waals surface area contributed by atoms with Gasteiger partial charge < -0.3 is 9.64 Å². The molecule has 0 aliphatic carbocycles. The topological polar surface area (TPSA) is 76.0 Å². The smallest absolute Gasteiger partial charge is 0.274 e. The van der Waals surface area contributed by atoms with Crippen molar-refractivity contribution in [3.8, 4) is 0 Å². The Morgan fingerprint density at radius 1 is 1.50 bits per heavy atom. The van der Waals surface area contributed by atoms with Gasteiger partial charge in [0.2, 0.25) is 0 Å². The number of methoxy groups -OCH3 is 1. The third-order valence-corrected chi connectivity index (χ3v) is 7.25. The number of fused-ring (bicyclic) bond motifs is 1. The van der Waals surface area contributed by atoms with Crippen LogP contribution < -0.4 is 4.90 Å². The number of thioether (sulfide) groups is 1. The lowest BCUT2D eigenvalue weighted by molar-refractivity contribution is -0.121. The van der Waals surface area contributed by atoms with E-state index in [0.717, 1.165) is 0 Å². The molecule has 1 amide bonds. The van der Waals surface area contributed by atoms with Crippen LogP contribution in [0.5, 0.6) is 0 Å². The van der Waals surface area contributed by atoms with E-state index < -0.39 is 27.6 Å². The van der Waals surface area contributed by atoms with E-state index in [9.17, 15) is 17.6 Å². The normalized spacial score (nSPS) is 26.8. The summed E-state index contributed by atoms with van der Waals surface area (Å²) < 4.78 is 42.4. The lowest BCUT2D eigenvalue weighted by Crippen LogP contribution is -2.37. The summed E-state index contributed by atoms with van der Waals surface area (Å²) in [4.78, 5) is 17.4. The SMILES string of the molecule is COCC(=O)N=C1S[C@@H]2CS(=O)(=O)C[C@H]2N1c1ccc(Cl)c(F)c1. The van der Waals surface area contributed by atoms with Crippen LogP contribution in [0.25, 0.3) is 0 Å². The van der Waals surface area contributed by atoms with Crippen LogP contribution in [-0.4, -0.2) is 56.0 Å². The highest BCUT2D eigenvalue weighted by Crippen LogP contribution is 2.41. The zero-order valence-corrected chi connectivity index (χ0v) is 15.0. The van der Waals surface area contributed by atoms with Gasteiger partial charge in [-0.25, -0.2) is 12.8 Å². The fraction of sp³-hybridized carbons (Fsp3) is 0.429. The first kappa shape index (κ1) is 17.7. The van der Waals surface area contributed by atoms with Gasteiger partial charge in [-0.1, -0.05) is 23.4 Å². The quantitative estimate of drug-likeness (QED) is 0.779. The lowest BCUT2D eigenvalue weighted by Gasteiger charge is -2.24. The largest absolute Gasteiger partial charge is 0.375 e. The molecule has 2 heterocycles. The number of hydrogen-bond acceptors (Lipinski definition) is 5. The summed E-state index contributed by atoms with van der Waals surface area (Å²) in [5.41, 5.74) is 0.415. The zero-order chi connectivity index (χ0) is 17.5. The Balaban J connectivity index is 2.01. The van der Waals surface area contributed by atoms with Crippen LogP contribution in [0, 0.1) is 5.82 Å². The van der Waals surface area contributed by atoms with Gasteiger partial charge in [-0.15, -0.1) is 0 Å². The molecule has 0 saturated carbocycles. The number of carbonyl (C=O) groups is 1. The molecule has 1 aromatic rings. The van der Waals surface area contributed by atoms with E-state index in [1.807, 2.05) is 0 Å². The Kier molecular flexibility index (Phi) is 4.87. The molecule has 0 bridgehead atoms. The van der Waals surface area contributed by atoms with Crippen molar-refractivity contribution < 1.29 is 22.3 Å². The van der Waals surface area contributed by atoms with Crippen LogP contribution in [0.1, 0.15) is 0 Å². The van der Waals surface area contributed by atoms with Gasteiger partial charge in [0.25, 0.3) is 5.91 Å². The van der Waals surface area contributed by atoms with Crippen molar-refractivity contribution in [2.24, 2.45) is 4.99 Å². The van der Waals surface area contributed by atoms with Crippen molar-refractivity contribution in [3.63, 3.8) is 0 Å². The van der Waals surface area contributed by atoms with Gasteiger partial charge in [0.1, 0.15) is 12.4 Å². The molecule has 10 heteroatoms. The van der Waals surface area contributed by atoms with Gasteiger partial charge in [0.05, 0.1) is 22.6 Å². The highest BCUT2D eigenvalue weighted by molar-refractivity contribution is 8.16. The standard InChI is InChI=1S/C14H14ClFN2O4S2/c1-22-5-13(19)17-14-18(8-2-3-9(15)10(16)4-8)11-6-24(20,21)7-12(11)23-14/h2-4,11-12H,5-7H2,1H3/t11-,12-/m1/s1. The van der Waals surface area contributed by atoms with Crippen molar-refractivity contribution in [1.82, 2.24) is 0 Å². The second kappa shape index (κ2) is 6.62. The molecule has 3 rings (SSSR count). The van der Waals surface area contributed by atoms with E-state index in [1.54, 1.807) is 11.0 Å². The number of ether oxygens (including phenoxy) is 1. The van der Waals surface area contributed by atoms with Gasteiger partial charge >= 0.3 is 0 Å². The van der Waals surface area contributed by atoms with Gasteiger partial charge in [-0.3, -0.25) is 4.79 Å². The Morgan fingerprint density at radius 3 is 2.92 bits per heavy atom. The predicted molar refractivity (Wildman–Crippen MR) is 92.0 cm³/mol. The van der Waals surface area contributed by atoms with Crippen LogP contribution in [0.2, 0.25) is 5.02 Å². The Morgan fingerprint density at radius 2 is 2.25 bits per heavy atom. The molecule has 2 fully saturated rings. The Bertz CT molecular complexity index is 815.